The summed E-state index contributed by atoms with van der Waals surface area (Å²) in [5, 5.41) is 0. The van der Waals surface area contributed by atoms with Crippen LogP contribution < -0.4 is 0 Å². The van der Waals surface area contributed by atoms with Gasteiger partial charge in [0.05, 0.1) is 10.1 Å². The quantitative estimate of drug-likeness (QED) is 0.699. The van der Waals surface area contributed by atoms with Crippen molar-refractivity contribution in [1.29, 1.82) is 0 Å². The molecule has 1 aliphatic carbocycles. The molecule has 0 spiro atoms. The van der Waals surface area contributed by atoms with Gasteiger partial charge < -0.3 is 0 Å². The Morgan fingerprint density at radius 2 is 2.12 bits per heavy atom. The predicted octanol–water partition coefficient (Wildman–Crippen LogP) is 5.16. The van der Waals surface area contributed by atoms with Crippen LogP contribution in [0.2, 0.25) is 8.67 Å². The molecule has 1 fully saturated rings. The van der Waals surface area contributed by atoms with Crippen molar-refractivity contribution in [2.45, 2.75) is 25.7 Å². The van der Waals surface area contributed by atoms with Gasteiger partial charge in [-0.15, -0.1) is 11.3 Å². The van der Waals surface area contributed by atoms with Crippen molar-refractivity contribution < 1.29 is 4.79 Å². The number of rotatable bonds is 5. The van der Waals surface area contributed by atoms with Gasteiger partial charge >= 0.3 is 0 Å². The summed E-state index contributed by atoms with van der Waals surface area (Å²) in [6.07, 6.45) is 5.36. The average molecular weight is 309 g/mol. The highest BCUT2D eigenvalue weighted by atomic mass is 35.5. The van der Waals surface area contributed by atoms with Crippen molar-refractivity contribution in [3.63, 3.8) is 0 Å². The van der Waals surface area contributed by atoms with Crippen LogP contribution in [0.15, 0.2) is 6.07 Å². The normalized spacial score (nSPS) is 16.6. The topological polar surface area (TPSA) is 17.1 Å². The van der Waals surface area contributed by atoms with E-state index in [1.165, 1.54) is 37.0 Å². The van der Waals surface area contributed by atoms with E-state index in [2.05, 4.69) is 0 Å². The minimum absolute atomic E-state index is 0.0983. The monoisotopic (exact) mass is 308 g/mol. The van der Waals surface area contributed by atoms with Crippen molar-refractivity contribution in [3.8, 4) is 0 Å². The highest BCUT2D eigenvalue weighted by molar-refractivity contribution is 7.99. The number of carbonyl (C=O) groups is 1. The number of halogens is 2. The number of thioether (sulfide) groups is 1. The molecule has 0 aliphatic heterocycles. The predicted molar refractivity (Wildman–Crippen MR) is 78.0 cm³/mol. The summed E-state index contributed by atoms with van der Waals surface area (Å²) in [5.41, 5.74) is 0.584. The van der Waals surface area contributed by atoms with E-state index in [9.17, 15) is 4.79 Å². The molecule has 0 aromatic carbocycles. The smallest absolute Gasteiger partial charge is 0.175 e. The fourth-order valence-electron chi connectivity index (χ4n) is 2.10. The Hall–Kier alpha value is 0.300. The van der Waals surface area contributed by atoms with Gasteiger partial charge in [0.2, 0.25) is 0 Å². The summed E-state index contributed by atoms with van der Waals surface area (Å²) in [7, 11) is 0. The number of carbonyl (C=O) groups excluding carboxylic acids is 1. The molecule has 0 atom stereocenters. The van der Waals surface area contributed by atoms with E-state index in [4.69, 9.17) is 23.2 Å². The largest absolute Gasteiger partial charge is 0.293 e. The summed E-state index contributed by atoms with van der Waals surface area (Å²) in [6, 6.07) is 1.67. The molecule has 2 rings (SSSR count). The van der Waals surface area contributed by atoms with Crippen LogP contribution in [0.5, 0.6) is 0 Å². The molecule has 1 aromatic heterocycles. The molecule has 1 heterocycles. The van der Waals surface area contributed by atoms with Crippen LogP contribution in [0, 0.1) is 5.92 Å². The first kappa shape index (κ1) is 13.7. The molecule has 1 saturated carbocycles. The third-order valence-electron chi connectivity index (χ3n) is 3.02. The van der Waals surface area contributed by atoms with Gasteiger partial charge in [-0.3, -0.25) is 4.79 Å². The van der Waals surface area contributed by atoms with Crippen molar-refractivity contribution in [2.24, 2.45) is 5.92 Å². The Labute approximate surface area is 120 Å². The van der Waals surface area contributed by atoms with Gasteiger partial charge in [-0.1, -0.05) is 36.0 Å². The first-order valence-electron chi connectivity index (χ1n) is 5.72. The lowest BCUT2D eigenvalue weighted by Crippen LogP contribution is -2.05. The van der Waals surface area contributed by atoms with E-state index in [-0.39, 0.29) is 5.78 Å². The van der Waals surface area contributed by atoms with Gasteiger partial charge in [-0.2, -0.15) is 11.8 Å². The van der Waals surface area contributed by atoms with E-state index in [1.807, 2.05) is 0 Å². The van der Waals surface area contributed by atoms with Crippen LogP contribution in [-0.4, -0.2) is 17.3 Å². The van der Waals surface area contributed by atoms with Crippen molar-refractivity contribution in [3.05, 3.63) is 20.3 Å². The molecule has 1 aromatic rings. The molecule has 5 heteroatoms. The standard InChI is InChI=1S/C12H14Cl2OS2/c13-11-5-9(12(14)17-11)10(15)7-16-6-8-3-1-2-4-8/h5,8H,1-4,6-7H2. The van der Waals surface area contributed by atoms with E-state index in [0.717, 1.165) is 11.7 Å². The van der Waals surface area contributed by atoms with Crippen LogP contribution in [0.3, 0.4) is 0 Å². The number of hydrogen-bond acceptors (Lipinski definition) is 3. The summed E-state index contributed by atoms with van der Waals surface area (Å²) in [5.74, 6) is 2.53. The second-order valence-corrected chi connectivity index (χ2v) is 7.64. The Kier molecular flexibility index (Phi) is 5.22. The van der Waals surface area contributed by atoms with E-state index >= 15 is 0 Å². The Balaban J connectivity index is 1.78. The molecule has 0 bridgehead atoms. The first-order chi connectivity index (χ1) is 8.16. The van der Waals surface area contributed by atoms with Crippen LogP contribution in [-0.2, 0) is 0 Å². The van der Waals surface area contributed by atoms with Gasteiger partial charge in [0.1, 0.15) is 4.34 Å². The average Bonchev–Trinajstić information content (AvgIpc) is 2.88. The third-order valence-corrected chi connectivity index (χ3v) is 5.68. The van der Waals surface area contributed by atoms with Crippen LogP contribution in [0.4, 0.5) is 0 Å². The fourth-order valence-corrected chi connectivity index (χ4v) is 4.73. The summed E-state index contributed by atoms with van der Waals surface area (Å²) in [6.45, 7) is 0. The van der Waals surface area contributed by atoms with Gasteiger partial charge in [-0.05, 0) is 30.6 Å². The highest BCUT2D eigenvalue weighted by Crippen LogP contribution is 2.32. The molecule has 0 N–H and O–H groups in total. The molecule has 0 radical (unpaired) electrons. The third kappa shape index (κ3) is 3.88. The molecule has 0 saturated heterocycles. The summed E-state index contributed by atoms with van der Waals surface area (Å²) in [4.78, 5) is 11.9. The molecule has 17 heavy (non-hydrogen) atoms. The molecular weight excluding hydrogens is 295 g/mol. The maximum absolute atomic E-state index is 11.9. The molecular formula is C12H14Cl2OS2. The highest BCUT2D eigenvalue weighted by Gasteiger charge is 2.17. The first-order valence-corrected chi connectivity index (χ1v) is 8.45. The van der Waals surface area contributed by atoms with Gasteiger partial charge in [-0.25, -0.2) is 0 Å². The molecule has 1 aliphatic rings. The number of thiophene rings is 1. The second-order valence-electron chi connectivity index (χ2n) is 4.33. The lowest BCUT2D eigenvalue weighted by atomic mass is 10.1. The van der Waals surface area contributed by atoms with Gasteiger partial charge in [0.25, 0.3) is 0 Å². The van der Waals surface area contributed by atoms with Crippen molar-refractivity contribution >= 4 is 52.1 Å². The number of hydrogen-bond donors (Lipinski definition) is 0. The summed E-state index contributed by atoms with van der Waals surface area (Å²) >= 11 is 14.8. The second kappa shape index (κ2) is 6.46. The van der Waals surface area contributed by atoms with Crippen molar-refractivity contribution in [1.82, 2.24) is 0 Å². The number of Topliss-reactive ketones (excluding diaryl/α,β-unsaturated/α-hetero) is 1. The lowest BCUT2D eigenvalue weighted by Gasteiger charge is -2.07. The number of ketones is 1. The minimum Gasteiger partial charge on any atom is -0.293 e. The zero-order chi connectivity index (χ0) is 12.3. The van der Waals surface area contributed by atoms with Gasteiger partial charge in [0.15, 0.2) is 5.78 Å². The Bertz CT molecular complexity index is 397. The summed E-state index contributed by atoms with van der Waals surface area (Å²) < 4.78 is 1.10. The zero-order valence-corrected chi connectivity index (χ0v) is 12.5. The van der Waals surface area contributed by atoms with Crippen LogP contribution in [0.25, 0.3) is 0 Å². The lowest BCUT2D eigenvalue weighted by molar-refractivity contribution is 0.102. The molecule has 1 nitrogen and oxygen atoms in total. The maximum Gasteiger partial charge on any atom is 0.175 e. The van der Waals surface area contributed by atoms with E-state index in [0.29, 0.717) is 20.0 Å². The molecule has 0 amide bonds. The van der Waals surface area contributed by atoms with Crippen molar-refractivity contribution in [2.75, 3.05) is 11.5 Å². The Morgan fingerprint density at radius 1 is 1.41 bits per heavy atom. The SMILES string of the molecule is O=C(CSCC1CCCC1)c1cc(Cl)sc1Cl. The molecule has 94 valence electrons. The minimum atomic E-state index is 0.0983. The van der Waals surface area contributed by atoms with E-state index in [1.54, 1.807) is 17.8 Å². The zero-order valence-electron chi connectivity index (χ0n) is 9.38. The fraction of sp³-hybridized carbons (Fsp3) is 0.583. The Morgan fingerprint density at radius 3 is 2.71 bits per heavy atom. The molecule has 0 unspecified atom stereocenters. The van der Waals surface area contributed by atoms with Crippen LogP contribution in [0.1, 0.15) is 36.0 Å². The maximum atomic E-state index is 11.9. The van der Waals surface area contributed by atoms with Crippen LogP contribution >= 0.6 is 46.3 Å². The van der Waals surface area contributed by atoms with E-state index < -0.39 is 0 Å². The van der Waals surface area contributed by atoms with Gasteiger partial charge in [0, 0.05) is 5.56 Å².